The molecule has 0 saturated carbocycles. The molecular formula is C21H21N3O3. The number of ether oxygens (including phenoxy) is 1. The number of rotatable bonds is 4. The van der Waals surface area contributed by atoms with Crippen molar-refractivity contribution in [3.05, 3.63) is 65.4 Å². The van der Waals surface area contributed by atoms with Crippen molar-refractivity contribution >= 4 is 22.8 Å². The Bertz CT molecular complexity index is 981. The molecule has 1 aromatic heterocycles. The van der Waals surface area contributed by atoms with Crippen molar-refractivity contribution in [1.29, 1.82) is 0 Å². The van der Waals surface area contributed by atoms with Crippen LogP contribution in [0.25, 0.3) is 10.9 Å². The number of methoxy groups -OCH3 is 1. The van der Waals surface area contributed by atoms with E-state index in [1.54, 1.807) is 6.20 Å². The van der Waals surface area contributed by atoms with Crippen LogP contribution in [0.1, 0.15) is 23.1 Å². The van der Waals surface area contributed by atoms with Gasteiger partial charge in [0.05, 0.1) is 31.2 Å². The van der Waals surface area contributed by atoms with E-state index in [0.717, 1.165) is 27.6 Å². The van der Waals surface area contributed by atoms with Gasteiger partial charge in [0.1, 0.15) is 0 Å². The Kier molecular flexibility index (Phi) is 4.62. The van der Waals surface area contributed by atoms with Gasteiger partial charge < -0.3 is 9.64 Å². The molecule has 6 nitrogen and oxygen atoms in total. The maximum atomic E-state index is 13.2. The number of aromatic nitrogens is 2. The Morgan fingerprint density at radius 2 is 2.07 bits per heavy atom. The Balaban J connectivity index is 1.74. The standard InChI is InChI=1S/C21H21N3O3/c1-27-20(25)10-16-9-15-7-8-19-17(11-22-23-19)18(15)13-24(21(16)26)12-14-5-3-2-4-6-14/h2-8,11,16H,9-10,12-13H2,1H3,(H,22,23). The number of esters is 1. The molecule has 138 valence electrons. The topological polar surface area (TPSA) is 75.3 Å². The van der Waals surface area contributed by atoms with Crippen LogP contribution < -0.4 is 0 Å². The van der Waals surface area contributed by atoms with Crippen molar-refractivity contribution in [2.45, 2.75) is 25.9 Å². The Morgan fingerprint density at radius 3 is 2.85 bits per heavy atom. The minimum atomic E-state index is -0.424. The van der Waals surface area contributed by atoms with Gasteiger partial charge >= 0.3 is 5.97 Å². The lowest BCUT2D eigenvalue weighted by atomic mass is 9.93. The first kappa shape index (κ1) is 17.3. The summed E-state index contributed by atoms with van der Waals surface area (Å²) in [4.78, 5) is 27.0. The number of hydrogen-bond donors (Lipinski definition) is 1. The molecule has 1 aliphatic heterocycles. The van der Waals surface area contributed by atoms with E-state index in [1.807, 2.05) is 47.4 Å². The van der Waals surface area contributed by atoms with Crippen LogP contribution >= 0.6 is 0 Å². The van der Waals surface area contributed by atoms with Crippen LogP contribution in [0, 0.1) is 5.92 Å². The first-order chi connectivity index (χ1) is 13.2. The average Bonchev–Trinajstić information content (AvgIpc) is 3.13. The average molecular weight is 363 g/mol. The summed E-state index contributed by atoms with van der Waals surface area (Å²) in [5.74, 6) is -0.801. The normalized spacial score (nSPS) is 16.9. The third-order valence-corrected chi connectivity index (χ3v) is 5.17. The van der Waals surface area contributed by atoms with Crippen molar-refractivity contribution in [1.82, 2.24) is 15.1 Å². The number of benzene rings is 2. The summed E-state index contributed by atoms with van der Waals surface area (Å²) >= 11 is 0. The molecule has 0 fully saturated rings. The summed E-state index contributed by atoms with van der Waals surface area (Å²) in [6.45, 7) is 1.00. The zero-order valence-electron chi connectivity index (χ0n) is 15.1. The fourth-order valence-corrected chi connectivity index (χ4v) is 3.76. The molecule has 1 aliphatic rings. The molecule has 0 radical (unpaired) electrons. The minimum Gasteiger partial charge on any atom is -0.469 e. The second kappa shape index (κ2) is 7.23. The summed E-state index contributed by atoms with van der Waals surface area (Å²) in [5.41, 5.74) is 4.19. The smallest absolute Gasteiger partial charge is 0.306 e. The predicted molar refractivity (Wildman–Crippen MR) is 101 cm³/mol. The van der Waals surface area contributed by atoms with Gasteiger partial charge in [-0.3, -0.25) is 14.7 Å². The minimum absolute atomic E-state index is 0.0166. The largest absolute Gasteiger partial charge is 0.469 e. The molecule has 3 aromatic rings. The van der Waals surface area contributed by atoms with Gasteiger partial charge in [-0.05, 0) is 29.2 Å². The molecule has 0 saturated heterocycles. The molecule has 27 heavy (non-hydrogen) atoms. The highest BCUT2D eigenvalue weighted by atomic mass is 16.5. The van der Waals surface area contributed by atoms with Crippen LogP contribution in [0.3, 0.4) is 0 Å². The van der Waals surface area contributed by atoms with Crippen molar-refractivity contribution < 1.29 is 14.3 Å². The van der Waals surface area contributed by atoms with E-state index in [-0.39, 0.29) is 18.3 Å². The Hall–Kier alpha value is -3.15. The number of nitrogens with zero attached hydrogens (tertiary/aromatic N) is 2. The van der Waals surface area contributed by atoms with Gasteiger partial charge in [0.25, 0.3) is 0 Å². The third kappa shape index (κ3) is 3.43. The molecule has 1 N–H and O–H groups in total. The monoisotopic (exact) mass is 363 g/mol. The van der Waals surface area contributed by atoms with Crippen molar-refractivity contribution in [2.75, 3.05) is 7.11 Å². The number of nitrogens with one attached hydrogen (secondary N) is 1. The van der Waals surface area contributed by atoms with Crippen LogP contribution in [0.2, 0.25) is 0 Å². The molecule has 2 aromatic carbocycles. The summed E-state index contributed by atoms with van der Waals surface area (Å²) in [7, 11) is 1.36. The number of carbonyl (C=O) groups excluding carboxylic acids is 2. The molecule has 0 spiro atoms. The first-order valence-corrected chi connectivity index (χ1v) is 8.99. The van der Waals surface area contributed by atoms with E-state index in [1.165, 1.54) is 7.11 Å². The zero-order valence-corrected chi connectivity index (χ0v) is 15.1. The highest BCUT2D eigenvalue weighted by Crippen LogP contribution is 2.31. The van der Waals surface area contributed by atoms with Gasteiger partial charge in [0, 0.05) is 18.5 Å². The van der Waals surface area contributed by atoms with Gasteiger partial charge in [-0.15, -0.1) is 0 Å². The summed E-state index contributed by atoms with van der Waals surface area (Å²) in [6.07, 6.45) is 2.42. The maximum absolute atomic E-state index is 13.2. The summed E-state index contributed by atoms with van der Waals surface area (Å²) in [6, 6.07) is 13.9. The van der Waals surface area contributed by atoms with Crippen LogP contribution in [-0.4, -0.2) is 34.1 Å². The van der Waals surface area contributed by atoms with Gasteiger partial charge in [-0.2, -0.15) is 5.10 Å². The molecule has 1 amide bonds. The summed E-state index contributed by atoms with van der Waals surface area (Å²) in [5, 5.41) is 8.16. The van der Waals surface area contributed by atoms with Crippen LogP contribution in [0.5, 0.6) is 0 Å². The molecular weight excluding hydrogens is 342 g/mol. The molecule has 0 aliphatic carbocycles. The zero-order chi connectivity index (χ0) is 18.8. The van der Waals surface area contributed by atoms with Gasteiger partial charge in [0.2, 0.25) is 5.91 Å². The van der Waals surface area contributed by atoms with Crippen molar-refractivity contribution in [3.8, 4) is 0 Å². The Labute approximate surface area is 157 Å². The molecule has 1 unspecified atom stereocenters. The van der Waals surface area contributed by atoms with Gasteiger partial charge in [-0.1, -0.05) is 36.4 Å². The van der Waals surface area contributed by atoms with Crippen LogP contribution in [-0.2, 0) is 33.8 Å². The lowest BCUT2D eigenvalue weighted by Gasteiger charge is -2.24. The third-order valence-electron chi connectivity index (χ3n) is 5.17. The fourth-order valence-electron chi connectivity index (χ4n) is 3.76. The molecule has 1 atom stereocenters. The molecule has 4 rings (SSSR count). The number of H-pyrrole nitrogens is 1. The number of aromatic amines is 1. The molecule has 0 bridgehead atoms. The van der Waals surface area contributed by atoms with E-state index in [9.17, 15) is 9.59 Å². The molecule has 6 heteroatoms. The quantitative estimate of drug-likeness (QED) is 0.723. The highest BCUT2D eigenvalue weighted by molar-refractivity contribution is 5.88. The molecule has 2 heterocycles. The van der Waals surface area contributed by atoms with Crippen molar-refractivity contribution in [2.24, 2.45) is 5.92 Å². The van der Waals surface area contributed by atoms with Crippen molar-refractivity contribution in [3.63, 3.8) is 0 Å². The number of fused-ring (bicyclic) bond motifs is 3. The van der Waals surface area contributed by atoms with E-state index >= 15 is 0 Å². The lowest BCUT2D eigenvalue weighted by Crippen LogP contribution is -2.35. The number of hydrogen-bond acceptors (Lipinski definition) is 4. The van der Waals surface area contributed by atoms with E-state index in [4.69, 9.17) is 4.74 Å². The second-order valence-electron chi connectivity index (χ2n) is 6.90. The fraction of sp³-hybridized carbons (Fsp3) is 0.286. The number of amides is 1. The van der Waals surface area contributed by atoms with Crippen LogP contribution in [0.15, 0.2) is 48.7 Å². The van der Waals surface area contributed by atoms with Gasteiger partial charge in [-0.25, -0.2) is 0 Å². The second-order valence-corrected chi connectivity index (χ2v) is 6.90. The Morgan fingerprint density at radius 1 is 1.26 bits per heavy atom. The highest BCUT2D eigenvalue weighted by Gasteiger charge is 2.32. The van der Waals surface area contributed by atoms with Gasteiger partial charge in [0.15, 0.2) is 0 Å². The van der Waals surface area contributed by atoms with E-state index in [0.29, 0.717) is 19.5 Å². The SMILES string of the molecule is COC(=O)CC1Cc2ccc3[nH]ncc3c2CN(Cc2ccccc2)C1=O. The predicted octanol–water partition coefficient (Wildman–Crippen LogP) is 2.83. The van der Waals surface area contributed by atoms with E-state index < -0.39 is 5.92 Å². The first-order valence-electron chi connectivity index (χ1n) is 8.99. The maximum Gasteiger partial charge on any atom is 0.306 e. The lowest BCUT2D eigenvalue weighted by molar-refractivity contribution is -0.147. The number of carbonyl (C=O) groups is 2. The van der Waals surface area contributed by atoms with E-state index in [2.05, 4.69) is 10.2 Å². The van der Waals surface area contributed by atoms with Crippen LogP contribution in [0.4, 0.5) is 0 Å². The summed E-state index contributed by atoms with van der Waals surface area (Å²) < 4.78 is 4.82.